The predicted molar refractivity (Wildman–Crippen MR) is 111 cm³/mol. The molecule has 1 aliphatic rings. The molecule has 1 aromatic heterocycles. The highest BCUT2D eigenvalue weighted by Crippen LogP contribution is 2.22. The van der Waals surface area contributed by atoms with Gasteiger partial charge in [-0.3, -0.25) is 9.59 Å². The van der Waals surface area contributed by atoms with E-state index in [1.165, 1.54) is 37.6 Å². The van der Waals surface area contributed by atoms with Crippen LogP contribution in [0.25, 0.3) is 0 Å². The van der Waals surface area contributed by atoms with Crippen LogP contribution in [0.4, 0.5) is 11.4 Å². The Bertz CT molecular complexity index is 761. The van der Waals surface area contributed by atoms with Gasteiger partial charge in [-0.05, 0) is 55.2 Å². The number of rotatable bonds is 6. The fourth-order valence-corrected chi connectivity index (χ4v) is 3.46. The van der Waals surface area contributed by atoms with Crippen molar-refractivity contribution >= 4 is 23.2 Å². The summed E-state index contributed by atoms with van der Waals surface area (Å²) in [5.41, 5.74) is 1.91. The van der Waals surface area contributed by atoms with Gasteiger partial charge in [-0.25, -0.2) is 0 Å². The first-order chi connectivity index (χ1) is 13.5. The van der Waals surface area contributed by atoms with Crippen LogP contribution >= 0.6 is 0 Å². The van der Waals surface area contributed by atoms with Crippen LogP contribution in [-0.4, -0.2) is 30.9 Å². The van der Waals surface area contributed by atoms with Crippen molar-refractivity contribution in [2.45, 2.75) is 45.6 Å². The van der Waals surface area contributed by atoms with Gasteiger partial charge in [-0.15, -0.1) is 0 Å². The molecule has 0 radical (unpaired) electrons. The van der Waals surface area contributed by atoms with E-state index < -0.39 is 11.9 Å². The van der Waals surface area contributed by atoms with E-state index in [9.17, 15) is 9.59 Å². The van der Waals surface area contributed by atoms with E-state index in [4.69, 9.17) is 4.42 Å². The van der Waals surface area contributed by atoms with Crippen LogP contribution in [0.5, 0.6) is 0 Å². The molecule has 0 aliphatic carbocycles. The SMILES string of the molecule is CC(C)[C@H](NC(=O)c1ccco1)C(=O)Nc1ccc(N2CCCCCC2)cc1. The second-order valence-corrected chi connectivity index (χ2v) is 7.61. The van der Waals surface area contributed by atoms with Gasteiger partial charge in [0.2, 0.25) is 5.91 Å². The smallest absolute Gasteiger partial charge is 0.287 e. The molecule has 1 atom stereocenters. The Morgan fingerprint density at radius 2 is 1.68 bits per heavy atom. The average molecular weight is 383 g/mol. The molecule has 150 valence electrons. The van der Waals surface area contributed by atoms with Crippen molar-refractivity contribution in [3.05, 3.63) is 48.4 Å². The summed E-state index contributed by atoms with van der Waals surface area (Å²) in [5.74, 6) is -0.497. The topological polar surface area (TPSA) is 74.6 Å². The van der Waals surface area contributed by atoms with Crippen molar-refractivity contribution in [2.24, 2.45) is 5.92 Å². The van der Waals surface area contributed by atoms with Crippen LogP contribution in [0.3, 0.4) is 0 Å². The highest BCUT2D eigenvalue weighted by molar-refractivity contribution is 6.00. The molecule has 1 saturated heterocycles. The van der Waals surface area contributed by atoms with E-state index in [0.717, 1.165) is 18.8 Å². The number of benzene rings is 1. The Labute approximate surface area is 166 Å². The van der Waals surface area contributed by atoms with Gasteiger partial charge < -0.3 is 20.0 Å². The summed E-state index contributed by atoms with van der Waals surface area (Å²) in [6, 6.07) is 10.5. The molecular weight excluding hydrogens is 354 g/mol. The standard InChI is InChI=1S/C22H29N3O3/c1-16(2)20(24-21(26)19-8-7-15-28-19)22(27)23-17-9-11-18(12-10-17)25-13-5-3-4-6-14-25/h7-12,15-16,20H,3-6,13-14H2,1-2H3,(H,23,27)(H,24,26)/t20-/m0/s1. The Balaban J connectivity index is 1.62. The van der Waals surface area contributed by atoms with Gasteiger partial charge in [-0.2, -0.15) is 0 Å². The summed E-state index contributed by atoms with van der Waals surface area (Å²) in [6.45, 7) is 5.96. The maximum atomic E-state index is 12.7. The lowest BCUT2D eigenvalue weighted by molar-refractivity contribution is -0.118. The molecule has 1 fully saturated rings. The Morgan fingerprint density at radius 3 is 2.25 bits per heavy atom. The van der Waals surface area contributed by atoms with Gasteiger partial charge in [0.1, 0.15) is 6.04 Å². The molecular formula is C22H29N3O3. The van der Waals surface area contributed by atoms with Crippen LogP contribution in [0.1, 0.15) is 50.1 Å². The van der Waals surface area contributed by atoms with Crippen molar-refractivity contribution < 1.29 is 14.0 Å². The molecule has 1 aromatic carbocycles. The summed E-state index contributed by atoms with van der Waals surface area (Å²) in [4.78, 5) is 27.4. The molecule has 6 heteroatoms. The quantitative estimate of drug-likeness (QED) is 0.789. The van der Waals surface area contributed by atoms with Crippen LogP contribution in [0, 0.1) is 5.92 Å². The fraction of sp³-hybridized carbons (Fsp3) is 0.455. The number of hydrogen-bond acceptors (Lipinski definition) is 4. The van der Waals surface area contributed by atoms with Crippen LogP contribution in [-0.2, 0) is 4.79 Å². The zero-order chi connectivity index (χ0) is 19.9. The molecule has 2 aromatic rings. The zero-order valence-corrected chi connectivity index (χ0v) is 16.6. The van der Waals surface area contributed by atoms with Crippen LogP contribution < -0.4 is 15.5 Å². The van der Waals surface area contributed by atoms with Crippen molar-refractivity contribution in [3.8, 4) is 0 Å². The van der Waals surface area contributed by atoms with Crippen molar-refractivity contribution in [1.29, 1.82) is 0 Å². The van der Waals surface area contributed by atoms with E-state index in [1.807, 2.05) is 38.1 Å². The van der Waals surface area contributed by atoms with Crippen LogP contribution in [0.2, 0.25) is 0 Å². The number of carbonyl (C=O) groups is 2. The second-order valence-electron chi connectivity index (χ2n) is 7.61. The van der Waals surface area contributed by atoms with E-state index in [0.29, 0.717) is 0 Å². The lowest BCUT2D eigenvalue weighted by Gasteiger charge is -2.23. The molecule has 28 heavy (non-hydrogen) atoms. The highest BCUT2D eigenvalue weighted by Gasteiger charge is 2.25. The van der Waals surface area contributed by atoms with Gasteiger partial charge in [0.25, 0.3) is 5.91 Å². The summed E-state index contributed by atoms with van der Waals surface area (Å²) >= 11 is 0. The van der Waals surface area contributed by atoms with E-state index in [-0.39, 0.29) is 17.6 Å². The third-order valence-electron chi connectivity index (χ3n) is 5.09. The third kappa shape index (κ3) is 5.15. The van der Waals surface area contributed by atoms with Gasteiger partial charge >= 0.3 is 0 Å². The lowest BCUT2D eigenvalue weighted by atomic mass is 10.0. The first-order valence-corrected chi connectivity index (χ1v) is 10.0. The van der Waals surface area contributed by atoms with E-state index in [1.54, 1.807) is 12.1 Å². The number of furan rings is 1. The molecule has 1 aliphatic heterocycles. The first kappa shape index (κ1) is 20.0. The maximum absolute atomic E-state index is 12.7. The fourth-order valence-electron chi connectivity index (χ4n) is 3.46. The molecule has 0 saturated carbocycles. The lowest BCUT2D eigenvalue weighted by Crippen LogP contribution is -2.47. The van der Waals surface area contributed by atoms with Crippen LogP contribution in [0.15, 0.2) is 47.1 Å². The second kappa shape index (κ2) is 9.44. The number of nitrogens with zero attached hydrogens (tertiary/aromatic N) is 1. The van der Waals surface area contributed by atoms with Crippen molar-refractivity contribution in [3.63, 3.8) is 0 Å². The number of hydrogen-bond donors (Lipinski definition) is 2. The third-order valence-corrected chi connectivity index (χ3v) is 5.09. The predicted octanol–water partition coefficient (Wildman–Crippen LogP) is 4.05. The zero-order valence-electron chi connectivity index (χ0n) is 16.6. The summed E-state index contributed by atoms with van der Waals surface area (Å²) in [7, 11) is 0. The Morgan fingerprint density at radius 1 is 1.00 bits per heavy atom. The van der Waals surface area contributed by atoms with Gasteiger partial charge in [0, 0.05) is 24.5 Å². The van der Waals surface area contributed by atoms with Crippen molar-refractivity contribution in [2.75, 3.05) is 23.3 Å². The maximum Gasteiger partial charge on any atom is 0.287 e. The number of amides is 2. The number of carbonyl (C=O) groups excluding carboxylic acids is 2. The monoisotopic (exact) mass is 383 g/mol. The average Bonchev–Trinajstić information content (AvgIpc) is 3.09. The Hall–Kier alpha value is -2.76. The molecule has 2 N–H and O–H groups in total. The molecule has 2 heterocycles. The molecule has 0 spiro atoms. The van der Waals surface area contributed by atoms with E-state index >= 15 is 0 Å². The Kier molecular flexibility index (Phi) is 6.74. The first-order valence-electron chi connectivity index (χ1n) is 10.0. The van der Waals surface area contributed by atoms with E-state index in [2.05, 4.69) is 15.5 Å². The minimum atomic E-state index is -0.650. The normalized spacial score (nSPS) is 15.8. The van der Waals surface area contributed by atoms with Gasteiger partial charge in [0.15, 0.2) is 5.76 Å². The summed E-state index contributed by atoms with van der Waals surface area (Å²) in [6.07, 6.45) is 6.48. The van der Waals surface area contributed by atoms with Crippen molar-refractivity contribution in [1.82, 2.24) is 5.32 Å². The number of anilines is 2. The van der Waals surface area contributed by atoms with Gasteiger partial charge in [-0.1, -0.05) is 26.7 Å². The summed E-state index contributed by atoms with van der Waals surface area (Å²) in [5, 5.41) is 5.67. The largest absolute Gasteiger partial charge is 0.459 e. The minimum Gasteiger partial charge on any atom is -0.459 e. The summed E-state index contributed by atoms with van der Waals surface area (Å²) < 4.78 is 5.11. The molecule has 0 bridgehead atoms. The number of nitrogens with one attached hydrogen (secondary N) is 2. The molecule has 2 amide bonds. The minimum absolute atomic E-state index is 0.0599. The van der Waals surface area contributed by atoms with Gasteiger partial charge in [0.05, 0.1) is 6.26 Å². The molecule has 0 unspecified atom stereocenters. The highest BCUT2D eigenvalue weighted by atomic mass is 16.3. The molecule has 3 rings (SSSR count). The molecule has 6 nitrogen and oxygen atoms in total.